The van der Waals surface area contributed by atoms with Crippen LogP contribution in [0.4, 0.5) is 0 Å². The molecule has 29 heteroatoms. The standard InChI is InChI=1S/C57H94O28S/c1-21(2)22(3)31(59)18-57(9,71)35-11-10-28-27-17-32(30-16-26(85-86(72,73)74)12-14-55(30,7)29(27)13-15-56(28,35)8)79-52-46(70)47(38(62)25(6)78-52)82-53-48(83-50-44(68)41(65)36(60)23(4)76-50)40(64)34(20-75-53)81-54-49(43(67)39(63)33(19-58)80-54)84-51-45(69)42(66)37(61)24(5)77-51/h13,21-28,30,32-54,58,60-71H,10-12,14-20H2,1-9H3,(H,72,73,74)/t22-,23-,24-,25-,26+,27+,28+,30-,32+,33-,34-,35+,36-,37-,38-,39+,40+,41+,42+,43+,44-,45-,46-,47+,48-,49-,50+,51+,52+,53+,54+,55-,56+,57+/m1/s1. The summed E-state index contributed by atoms with van der Waals surface area (Å²) in [6, 6.07) is 0. The van der Waals surface area contributed by atoms with E-state index in [1.807, 2.05) is 20.8 Å². The lowest BCUT2D eigenvalue weighted by Gasteiger charge is -2.60. The summed E-state index contributed by atoms with van der Waals surface area (Å²) in [6.45, 7) is 14.5. The van der Waals surface area contributed by atoms with E-state index in [0.717, 1.165) is 5.57 Å². The highest BCUT2D eigenvalue weighted by Gasteiger charge is 2.64. The molecular weight excluding hydrogens is 1160 g/mol. The Hall–Kier alpha value is -1.64. The van der Waals surface area contributed by atoms with E-state index in [9.17, 15) is 84.1 Å². The minimum Gasteiger partial charge on any atom is -0.394 e. The Bertz CT molecular complexity index is 2460. The number of allylic oxidation sites excluding steroid dienone is 2. The van der Waals surface area contributed by atoms with Crippen molar-refractivity contribution in [2.45, 2.75) is 279 Å². The fraction of sp³-hybridized carbons (Fsp3) is 0.947. The summed E-state index contributed by atoms with van der Waals surface area (Å²) in [5.74, 6) is -1.10. The highest BCUT2D eigenvalue weighted by Crippen LogP contribution is 2.67. The number of Topliss-reactive ketones (excluding diaryl/α,β-unsaturated/α-hetero) is 1. The fourth-order valence-electron chi connectivity index (χ4n) is 15.7. The molecule has 86 heavy (non-hydrogen) atoms. The number of hydrogen-bond donors (Lipinski definition) is 14. The van der Waals surface area contributed by atoms with Crippen molar-refractivity contribution < 1.29 is 136 Å². The number of rotatable bonds is 18. The Kier molecular flexibility index (Phi) is 21.1. The molecule has 0 aromatic rings. The molecule has 0 aromatic carbocycles. The van der Waals surface area contributed by atoms with Crippen LogP contribution in [-0.4, -0.2) is 264 Å². The molecule has 5 heterocycles. The van der Waals surface area contributed by atoms with Crippen molar-refractivity contribution >= 4 is 16.2 Å². The summed E-state index contributed by atoms with van der Waals surface area (Å²) >= 11 is 0. The number of ether oxygens (including phenoxy) is 10. The van der Waals surface area contributed by atoms with Gasteiger partial charge in [-0.05, 0) is 113 Å². The molecule has 496 valence electrons. The number of carbonyl (C=O) groups is 1. The van der Waals surface area contributed by atoms with Gasteiger partial charge in [-0.2, -0.15) is 8.42 Å². The number of carbonyl (C=O) groups excluding carboxylic acids is 1. The van der Waals surface area contributed by atoms with E-state index in [-0.39, 0.29) is 54.6 Å². The third-order valence-electron chi connectivity index (χ3n) is 21.1. The Balaban J connectivity index is 0.983. The highest BCUT2D eigenvalue weighted by atomic mass is 32.3. The van der Waals surface area contributed by atoms with Crippen LogP contribution in [0.3, 0.4) is 0 Å². The first-order valence-corrected chi connectivity index (χ1v) is 31.7. The smallest absolute Gasteiger partial charge is 0.394 e. The monoisotopic (exact) mass is 1260 g/mol. The molecule has 0 spiro atoms. The third kappa shape index (κ3) is 13.3. The number of hydrogen-bond acceptors (Lipinski definition) is 27. The van der Waals surface area contributed by atoms with Crippen LogP contribution in [-0.2, 0) is 66.7 Å². The van der Waals surface area contributed by atoms with Crippen LogP contribution in [0.2, 0.25) is 0 Å². The van der Waals surface area contributed by atoms with Crippen LogP contribution in [0.15, 0.2) is 11.6 Å². The fourth-order valence-corrected chi connectivity index (χ4v) is 16.2. The minimum atomic E-state index is -4.89. The van der Waals surface area contributed by atoms with Gasteiger partial charge in [-0.3, -0.25) is 9.35 Å². The second-order valence-electron chi connectivity index (χ2n) is 27.0. The van der Waals surface area contributed by atoms with Gasteiger partial charge in [-0.15, -0.1) is 0 Å². The van der Waals surface area contributed by atoms with Crippen molar-refractivity contribution in [1.29, 1.82) is 0 Å². The van der Waals surface area contributed by atoms with Gasteiger partial charge in [0.1, 0.15) is 103 Å². The largest absolute Gasteiger partial charge is 0.397 e. The highest BCUT2D eigenvalue weighted by molar-refractivity contribution is 7.80. The molecule has 0 radical (unpaired) electrons. The van der Waals surface area contributed by atoms with Gasteiger partial charge in [0.15, 0.2) is 31.5 Å². The van der Waals surface area contributed by atoms with Crippen LogP contribution in [0.1, 0.15) is 114 Å². The van der Waals surface area contributed by atoms with Crippen LogP contribution in [0.5, 0.6) is 0 Å². The summed E-state index contributed by atoms with van der Waals surface area (Å²) in [7, 11) is -4.89. The molecule has 0 unspecified atom stereocenters. The molecule has 14 N–H and O–H groups in total. The molecule has 0 amide bonds. The molecule has 9 aliphatic rings. The van der Waals surface area contributed by atoms with Gasteiger partial charge in [0.05, 0.1) is 49.3 Å². The molecule has 0 aromatic heterocycles. The first-order valence-electron chi connectivity index (χ1n) is 30.3. The Morgan fingerprint density at radius 2 is 1.19 bits per heavy atom. The second kappa shape index (κ2) is 26.4. The predicted molar refractivity (Wildman–Crippen MR) is 290 cm³/mol. The second-order valence-corrected chi connectivity index (χ2v) is 28.1. The zero-order valence-electron chi connectivity index (χ0n) is 50.0. The zero-order valence-corrected chi connectivity index (χ0v) is 50.8. The maximum Gasteiger partial charge on any atom is 0.397 e. The van der Waals surface area contributed by atoms with E-state index in [0.29, 0.717) is 32.1 Å². The first-order chi connectivity index (χ1) is 40.1. The lowest BCUT2D eigenvalue weighted by Crippen LogP contribution is -2.67. The summed E-state index contributed by atoms with van der Waals surface area (Å²) in [4.78, 5) is 13.5. The summed E-state index contributed by atoms with van der Waals surface area (Å²) in [5, 5.41) is 145. The summed E-state index contributed by atoms with van der Waals surface area (Å²) in [6.07, 6.45) is -37.5. The van der Waals surface area contributed by atoms with E-state index in [1.54, 1.807) is 6.92 Å². The van der Waals surface area contributed by atoms with E-state index >= 15 is 0 Å². The molecule has 8 fully saturated rings. The van der Waals surface area contributed by atoms with Crippen LogP contribution in [0, 0.1) is 46.3 Å². The molecule has 28 nitrogen and oxygen atoms in total. The van der Waals surface area contributed by atoms with Gasteiger partial charge in [0.25, 0.3) is 0 Å². The summed E-state index contributed by atoms with van der Waals surface area (Å²) < 4.78 is 100. The Morgan fingerprint density at radius 1 is 0.640 bits per heavy atom. The zero-order chi connectivity index (χ0) is 63.2. The van der Waals surface area contributed by atoms with Crippen LogP contribution >= 0.6 is 0 Å². The Labute approximate surface area is 500 Å². The SMILES string of the molecule is CC(C)[C@@H](C)C(=O)C[C@](C)(O)[C@H]1CC[C@H]2[C@@H]3C[C@H](O[C@@H]4O[C@H](C)[C@@H](O)[C@H](O[C@@H]5OC[C@@H](O[C@@H]6O[C@H](CO)[C@H](O)[C@H](O)[C@H]6O[C@@H]6O[C@H](C)[C@@H](O)[C@H](O)[C@H]6O)[C@H](O)[C@H]5O[C@@H]5O[C@H](C)[C@@H](O)[C@H](O)[C@H]5O)[C@H]4O)[C@H]4C[C@@H](OS(=O)(=O)O)CC[C@]4(C)C3=CC[C@@]21C. The van der Waals surface area contributed by atoms with Gasteiger partial charge < -0.3 is 114 Å². The average Bonchev–Trinajstić information content (AvgIpc) is 1.31. The molecule has 5 saturated heterocycles. The minimum absolute atomic E-state index is 0.00277. The van der Waals surface area contributed by atoms with Gasteiger partial charge >= 0.3 is 10.4 Å². The van der Waals surface area contributed by atoms with Crippen molar-refractivity contribution in [3.8, 4) is 0 Å². The molecule has 4 aliphatic carbocycles. The van der Waals surface area contributed by atoms with Crippen molar-refractivity contribution in [3.63, 3.8) is 0 Å². The maximum atomic E-state index is 13.5. The number of aliphatic hydroxyl groups is 13. The van der Waals surface area contributed by atoms with Crippen molar-refractivity contribution in [1.82, 2.24) is 0 Å². The number of ketones is 1. The number of aliphatic hydroxyl groups excluding tert-OH is 12. The van der Waals surface area contributed by atoms with Gasteiger partial charge in [0.2, 0.25) is 0 Å². The van der Waals surface area contributed by atoms with E-state index in [2.05, 4.69) is 19.9 Å². The van der Waals surface area contributed by atoms with Crippen LogP contribution < -0.4 is 0 Å². The van der Waals surface area contributed by atoms with Crippen LogP contribution in [0.25, 0.3) is 0 Å². The van der Waals surface area contributed by atoms with Gasteiger partial charge in [0, 0.05) is 12.3 Å². The van der Waals surface area contributed by atoms with Crippen molar-refractivity contribution in [2.24, 2.45) is 46.3 Å². The first kappa shape index (κ1) is 68.7. The topological polar surface area (TPSA) is 436 Å². The van der Waals surface area contributed by atoms with E-state index in [4.69, 9.17) is 51.6 Å². The predicted octanol–water partition coefficient (Wildman–Crippen LogP) is -2.43. The molecular formula is C57H94O28S. The van der Waals surface area contributed by atoms with Gasteiger partial charge in [-0.25, -0.2) is 4.18 Å². The van der Waals surface area contributed by atoms with Gasteiger partial charge in [-0.1, -0.05) is 46.3 Å². The molecule has 0 bridgehead atoms. The maximum absolute atomic E-state index is 13.5. The van der Waals surface area contributed by atoms with Crippen molar-refractivity contribution in [3.05, 3.63) is 11.6 Å². The van der Waals surface area contributed by atoms with E-state index in [1.165, 1.54) is 20.8 Å². The normalized spacial score (nSPS) is 51.2. The lowest BCUT2D eigenvalue weighted by molar-refractivity contribution is -0.398. The lowest BCUT2D eigenvalue weighted by atomic mass is 9.47. The van der Waals surface area contributed by atoms with Crippen molar-refractivity contribution in [2.75, 3.05) is 13.2 Å². The number of fused-ring (bicyclic) bond motifs is 5. The average molecular weight is 1260 g/mol. The molecule has 3 saturated carbocycles. The quantitative estimate of drug-likeness (QED) is 0.0501. The summed E-state index contributed by atoms with van der Waals surface area (Å²) in [5.41, 5.74) is -1.30. The third-order valence-corrected chi connectivity index (χ3v) is 21.7. The Morgan fingerprint density at radius 3 is 1.76 bits per heavy atom. The molecule has 5 aliphatic heterocycles. The van der Waals surface area contributed by atoms with E-state index < -0.39 is 206 Å². The molecule has 34 atom stereocenters. The molecule has 9 rings (SSSR count).